The molecule has 0 saturated heterocycles. The fraction of sp³-hybridized carbons (Fsp3) is 0.0588. The highest BCUT2D eigenvalue weighted by Crippen LogP contribution is 2.35. The summed E-state index contributed by atoms with van der Waals surface area (Å²) in [7, 11) is 0. The third kappa shape index (κ3) is 3.49. The zero-order valence-corrected chi connectivity index (χ0v) is 12.8. The number of pyridine rings is 2. The molecular formula is C17H10ClF3N2O. The Morgan fingerprint density at radius 3 is 2.29 bits per heavy atom. The molecule has 24 heavy (non-hydrogen) atoms. The van der Waals surface area contributed by atoms with Crippen LogP contribution in [-0.4, -0.2) is 9.97 Å². The van der Waals surface area contributed by atoms with E-state index in [0.29, 0.717) is 16.1 Å². The second kappa shape index (κ2) is 6.49. The van der Waals surface area contributed by atoms with Crippen LogP contribution in [-0.2, 0) is 6.18 Å². The standard InChI is InChI=1S/C17H10ClF3N2O/c18-14-6-2-1-4-12(14)13-5-3-9-22-16(13)24-11-7-8-15(23-10-11)17(19,20)21/h1-10H. The molecule has 0 aliphatic rings. The van der Waals surface area contributed by atoms with Crippen LogP contribution in [0.25, 0.3) is 11.1 Å². The molecule has 2 aromatic heterocycles. The Labute approximate surface area is 140 Å². The summed E-state index contributed by atoms with van der Waals surface area (Å²) in [6, 6.07) is 12.7. The lowest BCUT2D eigenvalue weighted by Gasteiger charge is -2.11. The number of alkyl halides is 3. The Balaban J connectivity index is 1.93. The number of benzene rings is 1. The highest BCUT2D eigenvalue weighted by molar-refractivity contribution is 6.33. The lowest BCUT2D eigenvalue weighted by molar-refractivity contribution is -0.141. The van der Waals surface area contributed by atoms with E-state index in [1.807, 2.05) is 6.07 Å². The number of nitrogens with zero attached hydrogens (tertiary/aromatic N) is 2. The predicted octanol–water partition coefficient (Wildman–Crippen LogP) is 5.61. The fourth-order valence-corrected chi connectivity index (χ4v) is 2.31. The van der Waals surface area contributed by atoms with Gasteiger partial charge in [-0.05, 0) is 30.3 Å². The minimum absolute atomic E-state index is 0.148. The Morgan fingerprint density at radius 2 is 1.62 bits per heavy atom. The van der Waals surface area contributed by atoms with E-state index >= 15 is 0 Å². The highest BCUT2D eigenvalue weighted by atomic mass is 35.5. The van der Waals surface area contributed by atoms with E-state index in [2.05, 4.69) is 9.97 Å². The summed E-state index contributed by atoms with van der Waals surface area (Å²) in [5, 5.41) is 0.515. The molecule has 0 fully saturated rings. The predicted molar refractivity (Wildman–Crippen MR) is 84.0 cm³/mol. The van der Waals surface area contributed by atoms with Crippen molar-refractivity contribution in [1.29, 1.82) is 0 Å². The van der Waals surface area contributed by atoms with Crippen molar-refractivity contribution in [2.24, 2.45) is 0 Å². The first kappa shape index (κ1) is 16.3. The van der Waals surface area contributed by atoms with Gasteiger partial charge in [-0.15, -0.1) is 0 Å². The van der Waals surface area contributed by atoms with Gasteiger partial charge in [0.15, 0.2) is 0 Å². The second-order valence-corrected chi connectivity index (χ2v) is 5.22. The van der Waals surface area contributed by atoms with Gasteiger partial charge in [0.05, 0.1) is 6.20 Å². The topological polar surface area (TPSA) is 35.0 Å². The highest BCUT2D eigenvalue weighted by Gasteiger charge is 2.32. The summed E-state index contributed by atoms with van der Waals surface area (Å²) in [4.78, 5) is 7.49. The Morgan fingerprint density at radius 1 is 0.875 bits per heavy atom. The monoisotopic (exact) mass is 350 g/mol. The van der Waals surface area contributed by atoms with Gasteiger partial charge in [-0.25, -0.2) is 9.97 Å². The molecule has 3 rings (SSSR count). The van der Waals surface area contributed by atoms with Crippen LogP contribution in [0.1, 0.15) is 5.69 Å². The third-order valence-electron chi connectivity index (χ3n) is 3.18. The molecule has 0 aliphatic carbocycles. The van der Waals surface area contributed by atoms with Crippen molar-refractivity contribution in [3.63, 3.8) is 0 Å². The van der Waals surface area contributed by atoms with Crippen molar-refractivity contribution in [3.8, 4) is 22.8 Å². The van der Waals surface area contributed by atoms with Crippen LogP contribution in [0.5, 0.6) is 11.6 Å². The fourth-order valence-electron chi connectivity index (χ4n) is 2.08. The maximum atomic E-state index is 12.5. The zero-order chi connectivity index (χ0) is 17.2. The van der Waals surface area contributed by atoms with E-state index in [1.165, 1.54) is 12.3 Å². The maximum Gasteiger partial charge on any atom is 0.433 e. The molecule has 0 unspecified atom stereocenters. The van der Waals surface area contributed by atoms with E-state index < -0.39 is 11.9 Å². The number of halogens is 4. The molecule has 1 aromatic carbocycles. The Bertz CT molecular complexity index is 851. The number of ether oxygens (including phenoxy) is 1. The van der Waals surface area contributed by atoms with Crippen LogP contribution >= 0.6 is 11.6 Å². The summed E-state index contributed by atoms with van der Waals surface area (Å²) in [5.41, 5.74) is 0.354. The van der Waals surface area contributed by atoms with E-state index in [0.717, 1.165) is 12.3 Å². The lowest BCUT2D eigenvalue weighted by Crippen LogP contribution is -2.07. The van der Waals surface area contributed by atoms with Gasteiger partial charge in [0.1, 0.15) is 11.4 Å². The first-order chi connectivity index (χ1) is 11.4. The van der Waals surface area contributed by atoms with Crippen LogP contribution in [0, 0.1) is 0 Å². The summed E-state index contributed by atoms with van der Waals surface area (Å²) < 4.78 is 43.2. The smallest absolute Gasteiger partial charge is 0.433 e. The lowest BCUT2D eigenvalue weighted by atomic mass is 10.1. The van der Waals surface area contributed by atoms with E-state index in [1.54, 1.807) is 30.3 Å². The number of rotatable bonds is 3. The molecule has 122 valence electrons. The summed E-state index contributed by atoms with van der Waals surface area (Å²) in [5.74, 6) is 0.377. The minimum Gasteiger partial charge on any atom is -0.437 e. The molecule has 0 radical (unpaired) electrons. The van der Waals surface area contributed by atoms with Gasteiger partial charge in [0, 0.05) is 22.3 Å². The van der Waals surface area contributed by atoms with Crippen LogP contribution in [0.15, 0.2) is 60.9 Å². The molecule has 3 nitrogen and oxygen atoms in total. The molecule has 0 aliphatic heterocycles. The molecule has 0 atom stereocenters. The van der Waals surface area contributed by atoms with Crippen LogP contribution < -0.4 is 4.74 Å². The van der Waals surface area contributed by atoms with Crippen molar-refractivity contribution < 1.29 is 17.9 Å². The zero-order valence-electron chi connectivity index (χ0n) is 12.1. The Hall–Kier alpha value is -2.60. The molecule has 0 spiro atoms. The molecule has 2 heterocycles. The molecule has 7 heteroatoms. The summed E-state index contributed by atoms with van der Waals surface area (Å²) in [6.45, 7) is 0. The summed E-state index contributed by atoms with van der Waals surface area (Å²) >= 11 is 6.18. The van der Waals surface area contributed by atoms with Crippen molar-refractivity contribution in [3.05, 3.63) is 71.6 Å². The van der Waals surface area contributed by atoms with E-state index in [4.69, 9.17) is 16.3 Å². The van der Waals surface area contributed by atoms with Gasteiger partial charge in [0.2, 0.25) is 5.88 Å². The van der Waals surface area contributed by atoms with Gasteiger partial charge >= 0.3 is 6.18 Å². The second-order valence-electron chi connectivity index (χ2n) is 4.81. The molecule has 0 saturated carbocycles. The summed E-state index contributed by atoms with van der Waals surface area (Å²) in [6.07, 6.45) is -1.96. The van der Waals surface area contributed by atoms with E-state index in [9.17, 15) is 13.2 Å². The van der Waals surface area contributed by atoms with Crippen LogP contribution in [0.2, 0.25) is 5.02 Å². The number of hydrogen-bond acceptors (Lipinski definition) is 3. The molecule has 0 bridgehead atoms. The first-order valence-corrected chi connectivity index (χ1v) is 7.24. The molecule has 0 amide bonds. The van der Waals surface area contributed by atoms with E-state index in [-0.39, 0.29) is 11.6 Å². The normalized spacial score (nSPS) is 11.3. The SMILES string of the molecule is FC(F)(F)c1ccc(Oc2ncccc2-c2ccccc2Cl)cn1. The van der Waals surface area contributed by atoms with Gasteiger partial charge in [0.25, 0.3) is 0 Å². The average Bonchev–Trinajstić information content (AvgIpc) is 2.56. The maximum absolute atomic E-state index is 12.5. The average molecular weight is 351 g/mol. The third-order valence-corrected chi connectivity index (χ3v) is 3.51. The van der Waals surface area contributed by atoms with Gasteiger partial charge < -0.3 is 4.74 Å². The van der Waals surface area contributed by atoms with Gasteiger partial charge in [-0.1, -0.05) is 29.8 Å². The number of hydrogen-bond donors (Lipinski definition) is 0. The van der Waals surface area contributed by atoms with Crippen molar-refractivity contribution in [1.82, 2.24) is 9.97 Å². The van der Waals surface area contributed by atoms with Crippen LogP contribution in [0.3, 0.4) is 0 Å². The van der Waals surface area contributed by atoms with Crippen LogP contribution in [0.4, 0.5) is 13.2 Å². The van der Waals surface area contributed by atoms with Gasteiger partial charge in [-0.3, -0.25) is 0 Å². The van der Waals surface area contributed by atoms with Crippen molar-refractivity contribution in [2.45, 2.75) is 6.18 Å². The molecular weight excluding hydrogens is 341 g/mol. The minimum atomic E-state index is -4.49. The Kier molecular flexibility index (Phi) is 4.40. The number of aromatic nitrogens is 2. The largest absolute Gasteiger partial charge is 0.437 e. The first-order valence-electron chi connectivity index (χ1n) is 6.86. The van der Waals surface area contributed by atoms with Crippen molar-refractivity contribution in [2.75, 3.05) is 0 Å². The van der Waals surface area contributed by atoms with Gasteiger partial charge in [-0.2, -0.15) is 13.2 Å². The molecule has 0 N–H and O–H groups in total. The quantitative estimate of drug-likeness (QED) is 0.616. The molecule has 3 aromatic rings. The van der Waals surface area contributed by atoms with Crippen molar-refractivity contribution >= 4 is 11.6 Å².